The highest BCUT2D eigenvalue weighted by Crippen LogP contribution is 2.28. The number of nitrogens with one attached hydrogen (secondary N) is 1. The number of ether oxygens (including phenoxy) is 1. The van der Waals surface area contributed by atoms with Gasteiger partial charge in [-0.3, -0.25) is 0 Å². The maximum Gasteiger partial charge on any atom is 0.222 e. The third kappa shape index (κ3) is 2.96. The average molecular weight is 281 g/mol. The van der Waals surface area contributed by atoms with Gasteiger partial charge in [-0.05, 0) is 25.6 Å². The van der Waals surface area contributed by atoms with Gasteiger partial charge in [0, 0.05) is 19.7 Å². The van der Waals surface area contributed by atoms with Crippen LogP contribution in [0.4, 0.5) is 8.78 Å². The first-order valence-corrected chi connectivity index (χ1v) is 6.39. The highest BCUT2D eigenvalue weighted by Gasteiger charge is 2.15. The second-order valence-electron chi connectivity index (χ2n) is 4.45. The van der Waals surface area contributed by atoms with Crippen LogP contribution in [0.15, 0.2) is 18.2 Å². The first-order valence-electron chi connectivity index (χ1n) is 6.39. The lowest BCUT2D eigenvalue weighted by Gasteiger charge is -2.09. The maximum absolute atomic E-state index is 13.2. The standard InChI is InChI=1S/C14H17F2N3O/c1-4-17-8-11-9(2)18-19(3)14(11)20-10-5-6-12(15)13(16)7-10/h5-7,17H,4,8H2,1-3H3. The molecule has 2 rings (SSSR count). The number of benzene rings is 1. The Kier molecular flexibility index (Phi) is 4.34. The second kappa shape index (κ2) is 6.00. The van der Waals surface area contributed by atoms with Crippen molar-refractivity contribution < 1.29 is 13.5 Å². The summed E-state index contributed by atoms with van der Waals surface area (Å²) in [7, 11) is 1.75. The Morgan fingerprint density at radius 2 is 2.05 bits per heavy atom. The smallest absolute Gasteiger partial charge is 0.222 e. The molecule has 1 aromatic carbocycles. The van der Waals surface area contributed by atoms with E-state index < -0.39 is 11.6 Å². The summed E-state index contributed by atoms with van der Waals surface area (Å²) in [6.07, 6.45) is 0. The van der Waals surface area contributed by atoms with Crippen LogP contribution in [0.2, 0.25) is 0 Å². The van der Waals surface area contributed by atoms with Gasteiger partial charge < -0.3 is 10.1 Å². The van der Waals surface area contributed by atoms with Crippen LogP contribution >= 0.6 is 0 Å². The van der Waals surface area contributed by atoms with Gasteiger partial charge in [0.1, 0.15) is 5.75 Å². The summed E-state index contributed by atoms with van der Waals surface area (Å²) in [5.74, 6) is -1.07. The Bertz CT molecular complexity index is 611. The number of nitrogens with zero attached hydrogens (tertiary/aromatic N) is 2. The fraction of sp³-hybridized carbons (Fsp3) is 0.357. The van der Waals surface area contributed by atoms with Crippen LogP contribution in [0.25, 0.3) is 0 Å². The average Bonchev–Trinajstić information content (AvgIpc) is 2.66. The minimum absolute atomic E-state index is 0.240. The molecule has 0 aliphatic heterocycles. The van der Waals surface area contributed by atoms with Gasteiger partial charge in [-0.2, -0.15) is 5.10 Å². The first-order chi connectivity index (χ1) is 9.52. The Morgan fingerprint density at radius 1 is 1.30 bits per heavy atom. The number of hydrogen-bond donors (Lipinski definition) is 1. The molecular formula is C14H17F2N3O. The Balaban J connectivity index is 2.29. The summed E-state index contributed by atoms with van der Waals surface area (Å²) >= 11 is 0. The van der Waals surface area contributed by atoms with E-state index in [9.17, 15) is 8.78 Å². The van der Waals surface area contributed by atoms with E-state index in [1.165, 1.54) is 6.07 Å². The zero-order valence-electron chi connectivity index (χ0n) is 11.7. The number of aryl methyl sites for hydroxylation is 2. The molecule has 0 amide bonds. The molecule has 1 heterocycles. The van der Waals surface area contributed by atoms with Crippen molar-refractivity contribution in [2.75, 3.05) is 6.54 Å². The van der Waals surface area contributed by atoms with Gasteiger partial charge in [0.25, 0.3) is 0 Å². The van der Waals surface area contributed by atoms with E-state index in [4.69, 9.17) is 4.74 Å². The van der Waals surface area contributed by atoms with Crippen molar-refractivity contribution in [1.82, 2.24) is 15.1 Å². The van der Waals surface area contributed by atoms with Crippen molar-refractivity contribution in [3.05, 3.63) is 41.1 Å². The SMILES string of the molecule is CCNCc1c(C)nn(C)c1Oc1ccc(F)c(F)c1. The molecule has 108 valence electrons. The lowest BCUT2D eigenvalue weighted by molar-refractivity contribution is 0.416. The van der Waals surface area contributed by atoms with Crippen LogP contribution < -0.4 is 10.1 Å². The van der Waals surface area contributed by atoms with Gasteiger partial charge >= 0.3 is 0 Å². The largest absolute Gasteiger partial charge is 0.439 e. The van der Waals surface area contributed by atoms with E-state index in [2.05, 4.69) is 10.4 Å². The molecule has 0 aliphatic rings. The van der Waals surface area contributed by atoms with E-state index >= 15 is 0 Å². The van der Waals surface area contributed by atoms with Crippen molar-refractivity contribution in [3.63, 3.8) is 0 Å². The Morgan fingerprint density at radius 3 is 2.70 bits per heavy atom. The van der Waals surface area contributed by atoms with Gasteiger partial charge in [0.15, 0.2) is 11.6 Å². The number of halogens is 2. The fourth-order valence-electron chi connectivity index (χ4n) is 1.91. The fourth-order valence-corrected chi connectivity index (χ4v) is 1.91. The molecule has 0 saturated heterocycles. The third-order valence-electron chi connectivity index (χ3n) is 2.95. The summed E-state index contributed by atoms with van der Waals surface area (Å²) in [6, 6.07) is 3.45. The van der Waals surface area contributed by atoms with Gasteiger partial charge in [0.05, 0.1) is 11.3 Å². The van der Waals surface area contributed by atoms with Crippen LogP contribution in [0, 0.1) is 18.6 Å². The molecule has 4 nitrogen and oxygen atoms in total. The predicted octanol–water partition coefficient (Wildman–Crippen LogP) is 2.91. The van der Waals surface area contributed by atoms with E-state index in [0.717, 1.165) is 29.9 Å². The normalized spacial score (nSPS) is 10.8. The predicted molar refractivity (Wildman–Crippen MR) is 71.8 cm³/mol. The van der Waals surface area contributed by atoms with Gasteiger partial charge in [0.2, 0.25) is 5.88 Å². The molecular weight excluding hydrogens is 264 g/mol. The molecule has 0 spiro atoms. The quantitative estimate of drug-likeness (QED) is 0.916. The molecule has 2 aromatic rings. The Labute approximate surface area is 116 Å². The number of rotatable bonds is 5. The van der Waals surface area contributed by atoms with Crippen molar-refractivity contribution in [2.45, 2.75) is 20.4 Å². The molecule has 0 radical (unpaired) electrons. The van der Waals surface area contributed by atoms with Gasteiger partial charge in [-0.25, -0.2) is 13.5 Å². The molecule has 0 aliphatic carbocycles. The third-order valence-corrected chi connectivity index (χ3v) is 2.95. The van der Waals surface area contributed by atoms with Crippen molar-refractivity contribution in [1.29, 1.82) is 0 Å². The zero-order chi connectivity index (χ0) is 14.7. The lowest BCUT2D eigenvalue weighted by atomic mass is 10.2. The van der Waals surface area contributed by atoms with Crippen LogP contribution in [-0.2, 0) is 13.6 Å². The van der Waals surface area contributed by atoms with Crippen LogP contribution in [-0.4, -0.2) is 16.3 Å². The van der Waals surface area contributed by atoms with Crippen LogP contribution in [0.3, 0.4) is 0 Å². The molecule has 20 heavy (non-hydrogen) atoms. The summed E-state index contributed by atoms with van der Waals surface area (Å²) in [5.41, 5.74) is 1.74. The van der Waals surface area contributed by atoms with Crippen LogP contribution in [0.5, 0.6) is 11.6 Å². The maximum atomic E-state index is 13.2. The molecule has 0 unspecified atom stereocenters. The topological polar surface area (TPSA) is 39.1 Å². The summed E-state index contributed by atoms with van der Waals surface area (Å²) in [5, 5.41) is 7.48. The van der Waals surface area contributed by atoms with E-state index in [-0.39, 0.29) is 5.75 Å². The van der Waals surface area contributed by atoms with E-state index in [1.54, 1.807) is 11.7 Å². The van der Waals surface area contributed by atoms with Gasteiger partial charge in [-0.1, -0.05) is 6.92 Å². The summed E-state index contributed by atoms with van der Waals surface area (Å²) in [6.45, 7) is 5.31. The van der Waals surface area contributed by atoms with E-state index in [1.807, 2.05) is 13.8 Å². The van der Waals surface area contributed by atoms with Crippen molar-refractivity contribution in [3.8, 4) is 11.6 Å². The van der Waals surface area contributed by atoms with Crippen LogP contribution in [0.1, 0.15) is 18.2 Å². The molecule has 1 aromatic heterocycles. The summed E-state index contributed by atoms with van der Waals surface area (Å²) in [4.78, 5) is 0. The van der Waals surface area contributed by atoms with Crippen molar-refractivity contribution in [2.24, 2.45) is 7.05 Å². The van der Waals surface area contributed by atoms with Crippen molar-refractivity contribution >= 4 is 0 Å². The molecule has 0 atom stereocenters. The molecule has 0 saturated carbocycles. The lowest BCUT2D eigenvalue weighted by Crippen LogP contribution is -2.12. The highest BCUT2D eigenvalue weighted by atomic mass is 19.2. The molecule has 6 heteroatoms. The molecule has 0 fully saturated rings. The molecule has 1 N–H and O–H groups in total. The highest BCUT2D eigenvalue weighted by molar-refractivity contribution is 5.36. The number of aromatic nitrogens is 2. The van der Waals surface area contributed by atoms with Gasteiger partial charge in [-0.15, -0.1) is 0 Å². The number of hydrogen-bond acceptors (Lipinski definition) is 3. The minimum Gasteiger partial charge on any atom is -0.439 e. The monoisotopic (exact) mass is 281 g/mol. The first kappa shape index (κ1) is 14.5. The second-order valence-corrected chi connectivity index (χ2v) is 4.45. The summed E-state index contributed by atoms with van der Waals surface area (Å²) < 4.78 is 33.3. The Hall–Kier alpha value is -1.95. The minimum atomic E-state index is -0.936. The molecule has 0 bridgehead atoms. The van der Waals surface area contributed by atoms with E-state index in [0.29, 0.717) is 12.4 Å². The zero-order valence-corrected chi connectivity index (χ0v) is 11.7.